The topological polar surface area (TPSA) is 79.6 Å². The van der Waals surface area contributed by atoms with E-state index in [2.05, 4.69) is 37.5 Å². The predicted molar refractivity (Wildman–Crippen MR) is 97.7 cm³/mol. The Kier molecular flexibility index (Phi) is 6.25. The van der Waals surface area contributed by atoms with Gasteiger partial charge < -0.3 is 15.4 Å². The van der Waals surface area contributed by atoms with Crippen LogP contribution in [0.5, 0.6) is 0 Å². The van der Waals surface area contributed by atoms with Crippen molar-refractivity contribution in [2.24, 2.45) is 10.9 Å². The van der Waals surface area contributed by atoms with Crippen molar-refractivity contribution in [2.45, 2.75) is 39.3 Å². The number of fused-ring (bicyclic) bond motifs is 1. The molecule has 1 aromatic heterocycles. The molecular weight excluding hydrogens is 318 g/mol. The minimum atomic E-state index is 0.177. The van der Waals surface area contributed by atoms with Crippen LogP contribution in [0.15, 0.2) is 4.99 Å². The maximum absolute atomic E-state index is 5.41. The fraction of sp³-hybridized carbons (Fsp3) is 0.824. The van der Waals surface area contributed by atoms with Gasteiger partial charge in [0.25, 0.3) is 0 Å². The van der Waals surface area contributed by atoms with Crippen LogP contribution in [0.1, 0.15) is 37.5 Å². The van der Waals surface area contributed by atoms with Gasteiger partial charge in [0.1, 0.15) is 11.6 Å². The van der Waals surface area contributed by atoms with E-state index in [0.717, 1.165) is 76.4 Å². The first-order valence-corrected chi connectivity index (χ1v) is 9.34. The fourth-order valence-electron chi connectivity index (χ4n) is 3.52. The normalized spacial score (nSPS) is 23.2. The van der Waals surface area contributed by atoms with E-state index >= 15 is 0 Å². The Morgan fingerprint density at radius 3 is 2.92 bits per heavy atom. The van der Waals surface area contributed by atoms with E-state index in [1.807, 2.05) is 18.7 Å². The summed E-state index contributed by atoms with van der Waals surface area (Å²) in [4.78, 5) is 11.4. The number of ether oxygens (including phenoxy) is 1. The summed E-state index contributed by atoms with van der Waals surface area (Å²) in [5, 5.41) is 11.4. The van der Waals surface area contributed by atoms with Crippen LogP contribution in [-0.2, 0) is 11.3 Å². The van der Waals surface area contributed by atoms with Crippen molar-refractivity contribution in [1.82, 2.24) is 30.3 Å². The molecule has 25 heavy (non-hydrogen) atoms. The highest BCUT2D eigenvalue weighted by Gasteiger charge is 2.24. The molecule has 0 aliphatic carbocycles. The van der Waals surface area contributed by atoms with Crippen LogP contribution in [0.3, 0.4) is 0 Å². The SMILES string of the molecule is CN=C(NCC(C)CN1CCOCC1)NC1CCCn2nc(C)nc21. The molecule has 8 nitrogen and oxygen atoms in total. The van der Waals surface area contributed by atoms with Crippen LogP contribution in [0.4, 0.5) is 0 Å². The number of nitrogens with one attached hydrogen (secondary N) is 2. The average Bonchev–Trinajstić information content (AvgIpc) is 3.00. The number of hydrogen-bond donors (Lipinski definition) is 2. The van der Waals surface area contributed by atoms with Crippen LogP contribution in [-0.4, -0.2) is 72.1 Å². The van der Waals surface area contributed by atoms with Crippen molar-refractivity contribution in [2.75, 3.05) is 46.4 Å². The zero-order chi connectivity index (χ0) is 17.6. The Labute approximate surface area is 150 Å². The van der Waals surface area contributed by atoms with E-state index in [-0.39, 0.29) is 6.04 Å². The summed E-state index contributed by atoms with van der Waals surface area (Å²) in [5.74, 6) is 3.25. The number of aliphatic imine (C=N–C) groups is 1. The van der Waals surface area contributed by atoms with Crippen LogP contribution in [0.2, 0.25) is 0 Å². The van der Waals surface area contributed by atoms with Gasteiger partial charge in [-0.2, -0.15) is 5.10 Å². The smallest absolute Gasteiger partial charge is 0.191 e. The Bertz CT molecular complexity index is 580. The molecule has 2 aliphatic rings. The number of nitrogens with zero attached hydrogens (tertiary/aromatic N) is 5. The first-order chi connectivity index (χ1) is 12.2. The molecule has 3 rings (SSSR count). The maximum atomic E-state index is 5.41. The van der Waals surface area contributed by atoms with Crippen molar-refractivity contribution >= 4 is 5.96 Å². The molecule has 2 aliphatic heterocycles. The molecule has 0 aromatic carbocycles. The second-order valence-electron chi connectivity index (χ2n) is 7.05. The molecule has 0 bridgehead atoms. The van der Waals surface area contributed by atoms with Crippen molar-refractivity contribution in [3.8, 4) is 0 Å². The van der Waals surface area contributed by atoms with Gasteiger partial charge in [-0.25, -0.2) is 9.67 Å². The third-order valence-corrected chi connectivity index (χ3v) is 4.81. The number of rotatable bonds is 5. The van der Waals surface area contributed by atoms with Crippen molar-refractivity contribution in [3.05, 3.63) is 11.6 Å². The lowest BCUT2D eigenvalue weighted by Crippen LogP contribution is -2.45. The summed E-state index contributed by atoms with van der Waals surface area (Å²) in [6.07, 6.45) is 2.17. The van der Waals surface area contributed by atoms with Crippen molar-refractivity contribution < 1.29 is 4.74 Å². The van der Waals surface area contributed by atoms with Gasteiger partial charge in [0.15, 0.2) is 5.96 Å². The lowest BCUT2D eigenvalue weighted by molar-refractivity contribution is 0.0320. The third kappa shape index (κ3) is 4.92. The van der Waals surface area contributed by atoms with Crippen LogP contribution in [0, 0.1) is 12.8 Å². The van der Waals surface area contributed by atoms with Gasteiger partial charge in [-0.3, -0.25) is 9.89 Å². The van der Waals surface area contributed by atoms with E-state index < -0.39 is 0 Å². The standard InChI is InChI=1S/C17H31N7O/c1-13(12-23-7-9-25-10-8-23)11-19-17(18-3)21-15-5-4-6-24-16(15)20-14(2)22-24/h13,15H,4-12H2,1-3H3,(H2,18,19,21). The highest BCUT2D eigenvalue weighted by molar-refractivity contribution is 5.80. The molecule has 1 aromatic rings. The van der Waals surface area contributed by atoms with Crippen molar-refractivity contribution in [3.63, 3.8) is 0 Å². The summed E-state index contributed by atoms with van der Waals surface area (Å²) < 4.78 is 7.43. The maximum Gasteiger partial charge on any atom is 0.191 e. The highest BCUT2D eigenvalue weighted by Crippen LogP contribution is 2.22. The van der Waals surface area contributed by atoms with Gasteiger partial charge in [0.05, 0.1) is 19.3 Å². The highest BCUT2D eigenvalue weighted by atomic mass is 16.5. The molecule has 0 amide bonds. The lowest BCUT2D eigenvalue weighted by Gasteiger charge is -2.30. The van der Waals surface area contributed by atoms with Gasteiger partial charge in [0.2, 0.25) is 0 Å². The summed E-state index contributed by atoms with van der Waals surface area (Å²) in [6.45, 7) is 10.9. The molecule has 8 heteroatoms. The zero-order valence-electron chi connectivity index (χ0n) is 15.7. The van der Waals surface area contributed by atoms with Crippen molar-refractivity contribution in [1.29, 1.82) is 0 Å². The Morgan fingerprint density at radius 2 is 2.16 bits per heavy atom. The van der Waals surface area contributed by atoms with E-state index in [0.29, 0.717) is 5.92 Å². The second kappa shape index (κ2) is 8.62. The molecule has 2 unspecified atom stereocenters. The van der Waals surface area contributed by atoms with E-state index in [1.165, 1.54) is 0 Å². The van der Waals surface area contributed by atoms with E-state index in [1.54, 1.807) is 0 Å². The number of hydrogen-bond acceptors (Lipinski definition) is 5. The molecule has 0 saturated carbocycles. The molecule has 2 N–H and O–H groups in total. The predicted octanol–water partition coefficient (Wildman–Crippen LogP) is 0.555. The van der Waals surface area contributed by atoms with Gasteiger partial charge in [-0.1, -0.05) is 6.92 Å². The third-order valence-electron chi connectivity index (χ3n) is 4.81. The average molecular weight is 349 g/mol. The van der Waals surface area contributed by atoms with Gasteiger partial charge in [-0.15, -0.1) is 0 Å². The largest absolute Gasteiger partial charge is 0.379 e. The number of aryl methyl sites for hydroxylation is 2. The number of aromatic nitrogens is 3. The molecule has 0 spiro atoms. The van der Waals surface area contributed by atoms with Gasteiger partial charge in [0, 0.05) is 39.8 Å². The monoisotopic (exact) mass is 349 g/mol. The summed E-state index contributed by atoms with van der Waals surface area (Å²) in [5.41, 5.74) is 0. The van der Waals surface area contributed by atoms with Crippen LogP contribution < -0.4 is 10.6 Å². The summed E-state index contributed by atoms with van der Waals surface area (Å²) >= 11 is 0. The fourth-order valence-corrected chi connectivity index (χ4v) is 3.52. The molecule has 1 saturated heterocycles. The number of guanidine groups is 1. The lowest BCUT2D eigenvalue weighted by atomic mass is 10.1. The molecular formula is C17H31N7O. The molecule has 1 fully saturated rings. The van der Waals surface area contributed by atoms with E-state index in [4.69, 9.17) is 4.74 Å². The first kappa shape index (κ1) is 18.1. The first-order valence-electron chi connectivity index (χ1n) is 9.34. The Morgan fingerprint density at radius 1 is 1.36 bits per heavy atom. The zero-order valence-corrected chi connectivity index (χ0v) is 15.7. The Hall–Kier alpha value is -1.67. The molecule has 3 heterocycles. The number of morpholine rings is 1. The molecule has 2 atom stereocenters. The van der Waals surface area contributed by atoms with Gasteiger partial charge >= 0.3 is 0 Å². The van der Waals surface area contributed by atoms with Gasteiger partial charge in [-0.05, 0) is 25.7 Å². The minimum absolute atomic E-state index is 0.177. The second-order valence-corrected chi connectivity index (χ2v) is 7.05. The molecule has 140 valence electrons. The molecule has 0 radical (unpaired) electrons. The van der Waals surface area contributed by atoms with Crippen LogP contribution >= 0.6 is 0 Å². The quantitative estimate of drug-likeness (QED) is 0.597. The van der Waals surface area contributed by atoms with Crippen LogP contribution in [0.25, 0.3) is 0 Å². The van der Waals surface area contributed by atoms with E-state index in [9.17, 15) is 0 Å². The Balaban J connectivity index is 1.48. The minimum Gasteiger partial charge on any atom is -0.379 e. The summed E-state index contributed by atoms with van der Waals surface area (Å²) in [6, 6.07) is 0.177. The summed E-state index contributed by atoms with van der Waals surface area (Å²) in [7, 11) is 1.82.